The van der Waals surface area contributed by atoms with Gasteiger partial charge in [-0.3, -0.25) is 9.98 Å². The fraction of sp³-hybridized carbons (Fsp3) is 0.400. The van der Waals surface area contributed by atoms with Crippen molar-refractivity contribution in [3.63, 3.8) is 0 Å². The van der Waals surface area contributed by atoms with Crippen LogP contribution in [-0.2, 0) is 4.74 Å². The van der Waals surface area contributed by atoms with Gasteiger partial charge in [-0.15, -0.1) is 0 Å². The Morgan fingerprint density at radius 1 is 1.24 bits per heavy atom. The van der Waals surface area contributed by atoms with Crippen LogP contribution < -0.4 is 15.0 Å². The van der Waals surface area contributed by atoms with E-state index in [2.05, 4.69) is 31.2 Å². The third-order valence-electron chi connectivity index (χ3n) is 6.45. The predicted molar refractivity (Wildman–Crippen MR) is 128 cm³/mol. The zero-order valence-corrected chi connectivity index (χ0v) is 19.3. The molecule has 1 aliphatic carbocycles. The van der Waals surface area contributed by atoms with Crippen molar-refractivity contribution in [2.75, 3.05) is 50.3 Å². The van der Waals surface area contributed by atoms with Crippen LogP contribution >= 0.6 is 0 Å². The highest BCUT2D eigenvalue weighted by Crippen LogP contribution is 2.40. The average Bonchev–Trinajstić information content (AvgIpc) is 2.89. The van der Waals surface area contributed by atoms with Gasteiger partial charge in [-0.25, -0.2) is 9.37 Å². The fourth-order valence-corrected chi connectivity index (χ4v) is 4.67. The van der Waals surface area contributed by atoms with Gasteiger partial charge in [-0.2, -0.15) is 0 Å². The fourth-order valence-electron chi connectivity index (χ4n) is 4.67. The van der Waals surface area contributed by atoms with Gasteiger partial charge in [0.25, 0.3) is 0 Å². The van der Waals surface area contributed by atoms with E-state index in [4.69, 9.17) is 9.47 Å². The number of hydrogen-bond acceptors (Lipinski definition) is 8. The average molecular weight is 466 g/mol. The maximum atomic E-state index is 15.5. The number of methoxy groups -OCH3 is 1. The number of hydrogen-bond donors (Lipinski definition) is 2. The number of nitrogens with zero attached hydrogens (tertiary/aromatic N) is 4. The second-order valence-electron chi connectivity index (χ2n) is 8.61. The first-order valence-corrected chi connectivity index (χ1v) is 11.5. The third-order valence-corrected chi connectivity index (χ3v) is 6.45. The lowest BCUT2D eigenvalue weighted by molar-refractivity contribution is 0.122. The Morgan fingerprint density at radius 3 is 2.82 bits per heavy atom. The minimum atomic E-state index is -1.06. The number of morpholine rings is 1. The Morgan fingerprint density at radius 2 is 2.03 bits per heavy atom. The minimum Gasteiger partial charge on any atom is -0.480 e. The molecular formula is C25H28FN5O3. The van der Waals surface area contributed by atoms with Gasteiger partial charge in [0.2, 0.25) is 5.88 Å². The summed E-state index contributed by atoms with van der Waals surface area (Å²) in [6.45, 7) is 5.26. The first-order valence-electron chi connectivity index (χ1n) is 11.5. The maximum Gasteiger partial charge on any atom is 0.238 e. The molecule has 0 amide bonds. The second-order valence-corrected chi connectivity index (χ2v) is 8.61. The number of allylic oxidation sites excluding steroid dienone is 3. The summed E-state index contributed by atoms with van der Waals surface area (Å²) in [5.74, 6) is -0.382. The Balaban J connectivity index is 1.49. The number of aliphatic imine (C=N–C) groups is 1. The van der Waals surface area contributed by atoms with Crippen LogP contribution in [-0.4, -0.2) is 60.9 Å². The molecule has 0 bridgehead atoms. The zero-order valence-electron chi connectivity index (χ0n) is 19.3. The molecule has 2 aliphatic heterocycles. The standard InChI is InChI=1S/C25H28FN5O3/c1-15-11-16(24(32)23-25(33-2)28-6-5-27-23)12-19(21(15)26)22-18-4-3-17(13-20(18)29-14-30-22)31-7-9-34-10-8-31/h3-6,12-13,15,24,29,32H,7-11,14H2,1-2H3. The number of halogens is 1. The predicted octanol–water partition coefficient (Wildman–Crippen LogP) is 3.42. The Labute approximate surface area is 197 Å². The highest BCUT2D eigenvalue weighted by Gasteiger charge is 2.31. The summed E-state index contributed by atoms with van der Waals surface area (Å²) in [6.07, 6.45) is 4.02. The van der Waals surface area contributed by atoms with Gasteiger partial charge in [-0.1, -0.05) is 6.92 Å². The largest absolute Gasteiger partial charge is 0.480 e. The van der Waals surface area contributed by atoms with Crippen molar-refractivity contribution >= 4 is 17.1 Å². The van der Waals surface area contributed by atoms with Crippen LogP contribution in [0.3, 0.4) is 0 Å². The van der Waals surface area contributed by atoms with Gasteiger partial charge >= 0.3 is 0 Å². The van der Waals surface area contributed by atoms with E-state index in [0.717, 1.165) is 30.0 Å². The molecule has 1 aromatic carbocycles. The lowest BCUT2D eigenvalue weighted by Crippen LogP contribution is -2.36. The van der Waals surface area contributed by atoms with E-state index in [1.807, 2.05) is 19.1 Å². The summed E-state index contributed by atoms with van der Waals surface area (Å²) in [5.41, 5.74) is 4.80. The number of anilines is 2. The van der Waals surface area contributed by atoms with Gasteiger partial charge < -0.3 is 24.8 Å². The van der Waals surface area contributed by atoms with E-state index < -0.39 is 12.0 Å². The van der Waals surface area contributed by atoms with E-state index in [9.17, 15) is 5.11 Å². The lowest BCUT2D eigenvalue weighted by Gasteiger charge is -2.31. The number of rotatable bonds is 5. The Hall–Kier alpha value is -3.30. The van der Waals surface area contributed by atoms with Crippen LogP contribution in [0.25, 0.3) is 0 Å². The van der Waals surface area contributed by atoms with Gasteiger partial charge in [0.05, 0.1) is 26.0 Å². The SMILES string of the molecule is COc1nccnc1C(O)C1=CC(C2=NCNc3cc(N4CCOCC4)ccc32)=C(F)C(C)C1. The van der Waals surface area contributed by atoms with Gasteiger partial charge in [0.1, 0.15) is 24.3 Å². The van der Waals surface area contributed by atoms with Crippen LogP contribution in [0.15, 0.2) is 58.6 Å². The van der Waals surface area contributed by atoms with E-state index in [1.54, 1.807) is 6.08 Å². The highest BCUT2D eigenvalue weighted by atomic mass is 19.1. The molecule has 8 nitrogen and oxygen atoms in total. The molecule has 1 aromatic heterocycles. The molecule has 2 unspecified atom stereocenters. The molecule has 0 spiro atoms. The topological polar surface area (TPSA) is 92.1 Å². The van der Waals surface area contributed by atoms with Crippen molar-refractivity contribution < 1.29 is 19.0 Å². The second kappa shape index (κ2) is 9.52. The van der Waals surface area contributed by atoms with Gasteiger partial charge in [0, 0.05) is 53.9 Å². The molecule has 2 atom stereocenters. The first kappa shape index (κ1) is 22.5. The monoisotopic (exact) mass is 465 g/mol. The van der Waals surface area contributed by atoms with Gasteiger partial charge in [0.15, 0.2) is 0 Å². The van der Waals surface area contributed by atoms with Crippen LogP contribution in [0.4, 0.5) is 15.8 Å². The number of benzene rings is 1. The first-order chi connectivity index (χ1) is 16.6. The molecule has 3 aliphatic rings. The molecular weight excluding hydrogens is 437 g/mol. The number of aliphatic hydroxyl groups excluding tert-OH is 1. The Bertz CT molecular complexity index is 1170. The van der Waals surface area contributed by atoms with Crippen LogP contribution in [0.2, 0.25) is 0 Å². The van der Waals surface area contributed by atoms with Crippen LogP contribution in [0.5, 0.6) is 5.88 Å². The molecule has 2 N–H and O–H groups in total. The van der Waals surface area contributed by atoms with Crippen LogP contribution in [0, 0.1) is 5.92 Å². The summed E-state index contributed by atoms with van der Waals surface area (Å²) >= 11 is 0. The molecule has 0 saturated carbocycles. The molecule has 2 aromatic rings. The highest BCUT2D eigenvalue weighted by molar-refractivity contribution is 6.18. The quantitative estimate of drug-likeness (QED) is 0.699. The third kappa shape index (κ3) is 4.17. The van der Waals surface area contributed by atoms with Crippen molar-refractivity contribution in [2.24, 2.45) is 10.9 Å². The molecule has 178 valence electrons. The smallest absolute Gasteiger partial charge is 0.238 e. The summed E-state index contributed by atoms with van der Waals surface area (Å²) in [6, 6.07) is 6.12. The molecule has 1 fully saturated rings. The van der Waals surface area contributed by atoms with Crippen molar-refractivity contribution in [3.05, 3.63) is 64.9 Å². The van der Waals surface area contributed by atoms with Crippen molar-refractivity contribution in [2.45, 2.75) is 19.4 Å². The molecule has 3 heterocycles. The summed E-state index contributed by atoms with van der Waals surface area (Å²) < 4.78 is 26.2. The molecule has 5 rings (SSSR count). The van der Waals surface area contributed by atoms with Crippen molar-refractivity contribution in [1.29, 1.82) is 0 Å². The minimum absolute atomic E-state index is 0.231. The summed E-state index contributed by atoms with van der Waals surface area (Å²) in [7, 11) is 1.48. The molecule has 0 radical (unpaired) electrons. The Kier molecular flexibility index (Phi) is 6.30. The van der Waals surface area contributed by atoms with Crippen LogP contribution in [0.1, 0.15) is 30.7 Å². The molecule has 9 heteroatoms. The van der Waals surface area contributed by atoms with E-state index in [0.29, 0.717) is 48.9 Å². The maximum absolute atomic E-state index is 15.5. The van der Waals surface area contributed by atoms with Crippen molar-refractivity contribution in [3.8, 4) is 5.88 Å². The zero-order chi connectivity index (χ0) is 23.7. The molecule has 1 saturated heterocycles. The number of nitrogens with one attached hydrogen (secondary N) is 1. The normalized spacial score (nSPS) is 21.3. The summed E-state index contributed by atoms with van der Waals surface area (Å²) in [4.78, 5) is 15.3. The van der Waals surface area contributed by atoms with E-state index >= 15 is 4.39 Å². The number of aliphatic hydroxyl groups is 1. The molecule has 34 heavy (non-hydrogen) atoms. The number of aromatic nitrogens is 2. The lowest BCUT2D eigenvalue weighted by atomic mass is 9.83. The number of fused-ring (bicyclic) bond motifs is 1. The van der Waals surface area contributed by atoms with E-state index in [-0.39, 0.29) is 11.7 Å². The summed E-state index contributed by atoms with van der Waals surface area (Å²) in [5, 5.41) is 14.4. The van der Waals surface area contributed by atoms with E-state index in [1.165, 1.54) is 19.5 Å². The van der Waals surface area contributed by atoms with Gasteiger partial charge in [-0.05, 0) is 36.3 Å². The number of ether oxygens (including phenoxy) is 2. The van der Waals surface area contributed by atoms with Crippen molar-refractivity contribution in [1.82, 2.24) is 9.97 Å².